The molecule has 146 valence electrons. The average molecular weight is 380 g/mol. The zero-order valence-corrected chi connectivity index (χ0v) is 16.5. The van der Waals surface area contributed by atoms with Crippen LogP contribution < -0.4 is 0 Å². The SMILES string of the molecule is Cc1nc2ncnn2c(C)c1CCC(=O)N1CCn2nc(C3CC3)nc2[C@H]1C. The van der Waals surface area contributed by atoms with Crippen LogP contribution in [0.25, 0.3) is 5.78 Å². The van der Waals surface area contributed by atoms with Crippen molar-refractivity contribution in [3.05, 3.63) is 34.9 Å². The van der Waals surface area contributed by atoms with Crippen molar-refractivity contribution in [2.45, 2.75) is 65.0 Å². The molecule has 9 heteroatoms. The van der Waals surface area contributed by atoms with Crippen LogP contribution in [0.15, 0.2) is 6.33 Å². The number of amides is 1. The Balaban J connectivity index is 1.32. The number of rotatable bonds is 4. The third kappa shape index (κ3) is 2.76. The summed E-state index contributed by atoms with van der Waals surface area (Å²) in [5.74, 6) is 3.14. The van der Waals surface area contributed by atoms with Gasteiger partial charge in [-0.05, 0) is 45.6 Å². The summed E-state index contributed by atoms with van der Waals surface area (Å²) < 4.78 is 3.72. The molecule has 2 aliphatic rings. The molecular formula is C19H24N8O. The molecule has 0 unspecified atom stereocenters. The van der Waals surface area contributed by atoms with E-state index in [-0.39, 0.29) is 11.9 Å². The molecule has 0 N–H and O–H groups in total. The largest absolute Gasteiger partial charge is 0.331 e. The highest BCUT2D eigenvalue weighted by molar-refractivity contribution is 5.77. The Kier molecular flexibility index (Phi) is 3.92. The fourth-order valence-corrected chi connectivity index (χ4v) is 4.13. The van der Waals surface area contributed by atoms with Gasteiger partial charge in [0, 0.05) is 30.3 Å². The molecule has 3 aromatic rings. The monoisotopic (exact) mass is 380 g/mol. The number of nitrogens with zero attached hydrogens (tertiary/aromatic N) is 8. The van der Waals surface area contributed by atoms with E-state index in [1.807, 2.05) is 30.4 Å². The number of carbonyl (C=O) groups excluding carboxylic acids is 1. The summed E-state index contributed by atoms with van der Waals surface area (Å²) in [6.45, 7) is 7.41. The van der Waals surface area contributed by atoms with E-state index >= 15 is 0 Å². The molecule has 1 saturated carbocycles. The van der Waals surface area contributed by atoms with E-state index in [4.69, 9.17) is 4.98 Å². The van der Waals surface area contributed by atoms with Gasteiger partial charge in [-0.2, -0.15) is 15.2 Å². The molecule has 3 aromatic heterocycles. The topological polar surface area (TPSA) is 94.1 Å². The lowest BCUT2D eigenvalue weighted by Gasteiger charge is -2.33. The second kappa shape index (κ2) is 6.35. The minimum Gasteiger partial charge on any atom is -0.331 e. The molecule has 9 nitrogen and oxygen atoms in total. The molecule has 1 fully saturated rings. The normalized spacial score (nSPS) is 19.2. The summed E-state index contributed by atoms with van der Waals surface area (Å²) >= 11 is 0. The van der Waals surface area contributed by atoms with E-state index in [0.29, 0.717) is 31.1 Å². The van der Waals surface area contributed by atoms with Gasteiger partial charge in [-0.3, -0.25) is 4.79 Å². The van der Waals surface area contributed by atoms with Gasteiger partial charge in [-0.1, -0.05) is 0 Å². The molecular weight excluding hydrogens is 356 g/mol. The van der Waals surface area contributed by atoms with Gasteiger partial charge in [0.2, 0.25) is 5.91 Å². The van der Waals surface area contributed by atoms with Gasteiger partial charge in [0.1, 0.15) is 12.2 Å². The summed E-state index contributed by atoms with van der Waals surface area (Å²) in [5, 5.41) is 8.87. The lowest BCUT2D eigenvalue weighted by atomic mass is 10.1. The quantitative estimate of drug-likeness (QED) is 0.684. The molecule has 1 amide bonds. The Bertz CT molecular complexity index is 1060. The number of fused-ring (bicyclic) bond motifs is 2. The van der Waals surface area contributed by atoms with Crippen LogP contribution in [0.1, 0.15) is 66.7 Å². The highest BCUT2D eigenvalue weighted by Crippen LogP contribution is 2.39. The van der Waals surface area contributed by atoms with E-state index in [2.05, 4.69) is 20.2 Å². The summed E-state index contributed by atoms with van der Waals surface area (Å²) in [6, 6.07) is -0.0423. The molecule has 0 radical (unpaired) electrons. The molecule has 4 heterocycles. The third-order valence-electron chi connectivity index (χ3n) is 5.95. The Labute approximate surface area is 162 Å². The molecule has 0 bridgehead atoms. The molecule has 0 aromatic carbocycles. The highest BCUT2D eigenvalue weighted by Gasteiger charge is 2.34. The van der Waals surface area contributed by atoms with Crippen LogP contribution in [0, 0.1) is 13.8 Å². The van der Waals surface area contributed by atoms with Crippen molar-refractivity contribution in [1.82, 2.24) is 39.2 Å². The van der Waals surface area contributed by atoms with Crippen LogP contribution in [0.4, 0.5) is 0 Å². The lowest BCUT2D eigenvalue weighted by molar-refractivity contribution is -0.134. The second-order valence-electron chi connectivity index (χ2n) is 7.82. The maximum atomic E-state index is 13.0. The number of hydrogen-bond acceptors (Lipinski definition) is 6. The smallest absolute Gasteiger partial charge is 0.252 e. The van der Waals surface area contributed by atoms with Crippen molar-refractivity contribution in [2.75, 3.05) is 6.54 Å². The molecule has 0 spiro atoms. The number of aryl methyl sites for hydroxylation is 2. The predicted octanol–water partition coefficient (Wildman–Crippen LogP) is 1.75. The van der Waals surface area contributed by atoms with Crippen LogP contribution in [-0.4, -0.2) is 51.7 Å². The van der Waals surface area contributed by atoms with Gasteiger partial charge >= 0.3 is 0 Å². The van der Waals surface area contributed by atoms with Gasteiger partial charge in [-0.25, -0.2) is 19.2 Å². The van der Waals surface area contributed by atoms with E-state index in [9.17, 15) is 4.79 Å². The van der Waals surface area contributed by atoms with Gasteiger partial charge in [0.15, 0.2) is 5.82 Å². The van der Waals surface area contributed by atoms with Crippen LogP contribution in [0.3, 0.4) is 0 Å². The standard InChI is InChI=1S/C19H24N8O/c1-11-15(12(2)27-19(22-11)20-10-21-27)6-7-16(28)25-8-9-26-18(13(25)3)23-17(24-26)14-4-5-14/h10,13-14H,4-9H2,1-3H3/t13-/m1/s1. The maximum Gasteiger partial charge on any atom is 0.252 e. The van der Waals surface area contributed by atoms with Gasteiger partial charge < -0.3 is 4.90 Å². The third-order valence-corrected chi connectivity index (χ3v) is 5.95. The zero-order chi connectivity index (χ0) is 19.4. The second-order valence-corrected chi connectivity index (χ2v) is 7.82. The van der Waals surface area contributed by atoms with Gasteiger partial charge in [-0.15, -0.1) is 0 Å². The maximum absolute atomic E-state index is 13.0. The highest BCUT2D eigenvalue weighted by atomic mass is 16.2. The van der Waals surface area contributed by atoms with Crippen molar-refractivity contribution in [3.8, 4) is 0 Å². The van der Waals surface area contributed by atoms with E-state index in [1.165, 1.54) is 19.2 Å². The molecule has 0 saturated heterocycles. The molecule has 5 rings (SSSR count). The fourth-order valence-electron chi connectivity index (χ4n) is 4.13. The van der Waals surface area contributed by atoms with E-state index < -0.39 is 0 Å². The van der Waals surface area contributed by atoms with Gasteiger partial charge in [0.25, 0.3) is 5.78 Å². The number of aromatic nitrogens is 7. The molecule has 1 atom stereocenters. The van der Waals surface area contributed by atoms with Crippen molar-refractivity contribution in [1.29, 1.82) is 0 Å². The lowest BCUT2D eigenvalue weighted by Crippen LogP contribution is -2.41. The fraction of sp³-hybridized carbons (Fsp3) is 0.579. The first kappa shape index (κ1) is 17.3. The zero-order valence-electron chi connectivity index (χ0n) is 16.5. The molecule has 1 aliphatic heterocycles. The van der Waals surface area contributed by atoms with Crippen molar-refractivity contribution < 1.29 is 4.79 Å². The minimum absolute atomic E-state index is 0.0423. The first-order chi connectivity index (χ1) is 13.5. The van der Waals surface area contributed by atoms with Crippen LogP contribution >= 0.6 is 0 Å². The van der Waals surface area contributed by atoms with Crippen LogP contribution in [0.2, 0.25) is 0 Å². The Morgan fingerprint density at radius 1 is 1.21 bits per heavy atom. The van der Waals surface area contributed by atoms with Crippen molar-refractivity contribution >= 4 is 11.7 Å². The summed E-state index contributed by atoms with van der Waals surface area (Å²) in [6.07, 6.45) is 4.96. The minimum atomic E-state index is -0.0423. The summed E-state index contributed by atoms with van der Waals surface area (Å²) in [7, 11) is 0. The average Bonchev–Trinajstić information content (AvgIpc) is 3.25. The predicted molar refractivity (Wildman–Crippen MR) is 101 cm³/mol. The number of hydrogen-bond donors (Lipinski definition) is 0. The van der Waals surface area contributed by atoms with E-state index in [0.717, 1.165) is 35.1 Å². The van der Waals surface area contributed by atoms with Crippen LogP contribution in [-0.2, 0) is 17.8 Å². The van der Waals surface area contributed by atoms with Gasteiger partial charge in [0.05, 0.1) is 12.6 Å². The van der Waals surface area contributed by atoms with Crippen molar-refractivity contribution in [3.63, 3.8) is 0 Å². The van der Waals surface area contributed by atoms with E-state index in [1.54, 1.807) is 4.52 Å². The van der Waals surface area contributed by atoms with Crippen LogP contribution in [0.5, 0.6) is 0 Å². The first-order valence-corrected chi connectivity index (χ1v) is 9.93. The molecule has 28 heavy (non-hydrogen) atoms. The Hall–Kier alpha value is -2.84. The molecule has 1 aliphatic carbocycles. The summed E-state index contributed by atoms with van der Waals surface area (Å²) in [4.78, 5) is 28.3. The number of carbonyl (C=O) groups is 1. The first-order valence-electron chi connectivity index (χ1n) is 9.93. The van der Waals surface area contributed by atoms with Crippen molar-refractivity contribution in [2.24, 2.45) is 0 Å². The Morgan fingerprint density at radius 3 is 2.82 bits per heavy atom. The Morgan fingerprint density at radius 2 is 2.04 bits per heavy atom. The summed E-state index contributed by atoms with van der Waals surface area (Å²) in [5.41, 5.74) is 2.97.